The van der Waals surface area contributed by atoms with Gasteiger partial charge in [0.1, 0.15) is 0 Å². The van der Waals surface area contributed by atoms with Crippen molar-refractivity contribution >= 4 is 15.7 Å². The SMILES string of the molecule is CCc1nc(C)c(C(=O)N(CC)[C@@H]2CCS(=O)(=O)C2)o1. The lowest BCUT2D eigenvalue weighted by Crippen LogP contribution is -2.41. The number of carbonyl (C=O) groups is 1. The topological polar surface area (TPSA) is 80.5 Å². The van der Waals surface area contributed by atoms with E-state index in [4.69, 9.17) is 4.42 Å². The van der Waals surface area contributed by atoms with E-state index in [-0.39, 0.29) is 29.2 Å². The fourth-order valence-corrected chi connectivity index (χ4v) is 4.25. The van der Waals surface area contributed by atoms with Crippen LogP contribution in [0.15, 0.2) is 4.42 Å². The average molecular weight is 300 g/mol. The lowest BCUT2D eigenvalue weighted by molar-refractivity contribution is 0.0673. The van der Waals surface area contributed by atoms with E-state index in [1.54, 1.807) is 11.8 Å². The van der Waals surface area contributed by atoms with Crippen LogP contribution < -0.4 is 0 Å². The zero-order valence-electron chi connectivity index (χ0n) is 12.0. The molecule has 1 amide bonds. The van der Waals surface area contributed by atoms with E-state index in [1.807, 2.05) is 13.8 Å². The quantitative estimate of drug-likeness (QED) is 0.834. The van der Waals surface area contributed by atoms with Gasteiger partial charge in [-0.05, 0) is 20.3 Å². The lowest BCUT2D eigenvalue weighted by atomic mass is 10.2. The van der Waals surface area contributed by atoms with Crippen LogP contribution in [0.4, 0.5) is 0 Å². The van der Waals surface area contributed by atoms with Crippen molar-refractivity contribution in [1.29, 1.82) is 0 Å². The second-order valence-corrected chi connectivity index (χ2v) is 7.25. The molecule has 0 radical (unpaired) electrons. The summed E-state index contributed by atoms with van der Waals surface area (Å²) in [7, 11) is -3.02. The molecule has 0 aliphatic carbocycles. The third kappa shape index (κ3) is 2.87. The predicted octanol–water partition coefficient (Wildman–Crippen LogP) is 1.19. The van der Waals surface area contributed by atoms with Gasteiger partial charge in [-0.1, -0.05) is 6.92 Å². The minimum absolute atomic E-state index is 0.0421. The van der Waals surface area contributed by atoms with Crippen LogP contribution in [0.3, 0.4) is 0 Å². The standard InChI is InChI=1S/C13H20N2O4S/c1-4-11-14-9(3)12(19-11)13(16)15(5-2)10-6-7-20(17,18)8-10/h10H,4-8H2,1-3H3/t10-/m1/s1. The predicted molar refractivity (Wildman–Crippen MR) is 74.4 cm³/mol. The third-order valence-corrected chi connectivity index (χ3v) is 5.34. The summed E-state index contributed by atoms with van der Waals surface area (Å²) in [6.07, 6.45) is 1.12. The normalized spacial score (nSPS) is 21.1. The van der Waals surface area contributed by atoms with Gasteiger partial charge >= 0.3 is 0 Å². The third-order valence-electron chi connectivity index (χ3n) is 3.59. The highest BCUT2D eigenvalue weighted by Gasteiger charge is 2.35. The summed E-state index contributed by atoms with van der Waals surface area (Å²) < 4.78 is 28.6. The van der Waals surface area contributed by atoms with Gasteiger partial charge in [-0.25, -0.2) is 13.4 Å². The second kappa shape index (κ2) is 5.55. The highest BCUT2D eigenvalue weighted by atomic mass is 32.2. The van der Waals surface area contributed by atoms with Crippen molar-refractivity contribution in [3.8, 4) is 0 Å². The molecule has 2 rings (SSSR count). The van der Waals surface area contributed by atoms with Crippen molar-refractivity contribution in [3.05, 3.63) is 17.3 Å². The van der Waals surface area contributed by atoms with Crippen LogP contribution in [0.2, 0.25) is 0 Å². The van der Waals surface area contributed by atoms with Crippen molar-refractivity contribution in [3.63, 3.8) is 0 Å². The first kappa shape index (κ1) is 15.0. The molecule has 0 N–H and O–H groups in total. The molecule has 0 bridgehead atoms. The van der Waals surface area contributed by atoms with Gasteiger partial charge < -0.3 is 9.32 Å². The average Bonchev–Trinajstić information content (AvgIpc) is 2.93. The van der Waals surface area contributed by atoms with Crippen LogP contribution >= 0.6 is 0 Å². The van der Waals surface area contributed by atoms with Gasteiger partial charge in [0.15, 0.2) is 15.7 Å². The molecule has 0 spiro atoms. The number of aromatic nitrogens is 1. The number of rotatable bonds is 4. The number of aryl methyl sites for hydroxylation is 2. The molecular formula is C13H20N2O4S. The fraction of sp³-hybridized carbons (Fsp3) is 0.692. The fourth-order valence-electron chi connectivity index (χ4n) is 2.52. The summed E-state index contributed by atoms with van der Waals surface area (Å²) in [5.74, 6) is 0.686. The Hall–Kier alpha value is -1.37. The number of sulfone groups is 1. The van der Waals surface area contributed by atoms with E-state index < -0.39 is 9.84 Å². The van der Waals surface area contributed by atoms with Gasteiger partial charge in [0.25, 0.3) is 5.91 Å². The zero-order chi connectivity index (χ0) is 14.9. The van der Waals surface area contributed by atoms with E-state index in [0.717, 1.165) is 0 Å². The maximum atomic E-state index is 12.5. The molecule has 6 nitrogen and oxygen atoms in total. The second-order valence-electron chi connectivity index (χ2n) is 5.02. The Labute approximate surface area is 119 Å². The van der Waals surface area contributed by atoms with E-state index in [1.165, 1.54) is 0 Å². The van der Waals surface area contributed by atoms with E-state index in [9.17, 15) is 13.2 Å². The van der Waals surface area contributed by atoms with Crippen LogP contribution in [-0.2, 0) is 16.3 Å². The summed E-state index contributed by atoms with van der Waals surface area (Å²) in [6.45, 7) is 5.94. The Morgan fingerprint density at radius 3 is 2.60 bits per heavy atom. The van der Waals surface area contributed by atoms with Crippen LogP contribution in [0.25, 0.3) is 0 Å². The molecule has 1 aromatic rings. The van der Waals surface area contributed by atoms with Crippen LogP contribution in [0, 0.1) is 6.92 Å². The summed E-state index contributed by atoms with van der Waals surface area (Å²) in [6, 6.07) is -0.257. The van der Waals surface area contributed by atoms with Crippen LogP contribution in [0.5, 0.6) is 0 Å². The van der Waals surface area contributed by atoms with Crippen LogP contribution in [0.1, 0.15) is 42.4 Å². The molecule has 0 aromatic carbocycles. The monoisotopic (exact) mass is 300 g/mol. The molecular weight excluding hydrogens is 280 g/mol. The Morgan fingerprint density at radius 1 is 1.45 bits per heavy atom. The maximum absolute atomic E-state index is 12.5. The summed E-state index contributed by atoms with van der Waals surface area (Å²) in [5, 5.41) is 0. The number of oxazole rings is 1. The molecule has 2 heterocycles. The molecule has 0 unspecified atom stereocenters. The molecule has 1 aromatic heterocycles. The smallest absolute Gasteiger partial charge is 0.291 e. The highest BCUT2D eigenvalue weighted by molar-refractivity contribution is 7.91. The van der Waals surface area contributed by atoms with Gasteiger partial charge in [-0.3, -0.25) is 4.79 Å². The summed E-state index contributed by atoms with van der Waals surface area (Å²) >= 11 is 0. The first-order chi connectivity index (χ1) is 9.38. The number of amides is 1. The Bertz CT molecular complexity index is 606. The van der Waals surface area contributed by atoms with Crippen molar-refractivity contribution in [2.75, 3.05) is 18.1 Å². The maximum Gasteiger partial charge on any atom is 0.291 e. The van der Waals surface area contributed by atoms with Gasteiger partial charge in [-0.2, -0.15) is 0 Å². The van der Waals surface area contributed by atoms with Crippen molar-refractivity contribution < 1.29 is 17.6 Å². The molecule has 0 saturated carbocycles. The van der Waals surface area contributed by atoms with Crippen molar-refractivity contribution in [2.24, 2.45) is 0 Å². The highest BCUT2D eigenvalue weighted by Crippen LogP contribution is 2.21. The number of hydrogen-bond acceptors (Lipinski definition) is 5. The summed E-state index contributed by atoms with van der Waals surface area (Å²) in [4.78, 5) is 18.3. The summed E-state index contributed by atoms with van der Waals surface area (Å²) in [5.41, 5.74) is 0.561. The number of nitrogens with zero attached hydrogens (tertiary/aromatic N) is 2. The first-order valence-electron chi connectivity index (χ1n) is 6.85. The van der Waals surface area contributed by atoms with Crippen molar-refractivity contribution in [1.82, 2.24) is 9.88 Å². The molecule has 1 aliphatic heterocycles. The van der Waals surface area contributed by atoms with E-state index in [2.05, 4.69) is 4.98 Å². The lowest BCUT2D eigenvalue weighted by Gasteiger charge is -2.25. The molecule has 1 aliphatic rings. The Balaban J connectivity index is 2.23. The van der Waals surface area contributed by atoms with Gasteiger partial charge in [0.05, 0.1) is 17.2 Å². The van der Waals surface area contributed by atoms with Gasteiger partial charge in [0, 0.05) is 19.0 Å². The largest absolute Gasteiger partial charge is 0.435 e. The minimum atomic E-state index is -3.02. The molecule has 1 atom stereocenters. The molecule has 1 saturated heterocycles. The van der Waals surface area contributed by atoms with Crippen LogP contribution in [-0.4, -0.2) is 48.3 Å². The number of hydrogen-bond donors (Lipinski definition) is 0. The molecule has 20 heavy (non-hydrogen) atoms. The molecule has 1 fully saturated rings. The van der Waals surface area contributed by atoms with Gasteiger partial charge in [0.2, 0.25) is 5.76 Å². The van der Waals surface area contributed by atoms with E-state index in [0.29, 0.717) is 31.0 Å². The van der Waals surface area contributed by atoms with E-state index >= 15 is 0 Å². The Morgan fingerprint density at radius 2 is 2.15 bits per heavy atom. The van der Waals surface area contributed by atoms with Gasteiger partial charge in [-0.15, -0.1) is 0 Å². The molecule has 112 valence electrons. The first-order valence-corrected chi connectivity index (χ1v) is 8.67. The Kier molecular flexibility index (Phi) is 4.17. The van der Waals surface area contributed by atoms with Crippen molar-refractivity contribution in [2.45, 2.75) is 39.7 Å². The molecule has 7 heteroatoms. The number of carbonyl (C=O) groups excluding carboxylic acids is 1. The zero-order valence-corrected chi connectivity index (χ0v) is 12.9. The minimum Gasteiger partial charge on any atom is -0.435 e.